The third-order valence-corrected chi connectivity index (χ3v) is 7.92. The van der Waals surface area contributed by atoms with Gasteiger partial charge in [0.05, 0.1) is 31.5 Å². The van der Waals surface area contributed by atoms with Crippen molar-refractivity contribution in [2.75, 3.05) is 38.7 Å². The van der Waals surface area contributed by atoms with Crippen molar-refractivity contribution in [2.45, 2.75) is 76.8 Å². The number of carboxylic acids is 1. The van der Waals surface area contributed by atoms with E-state index in [4.69, 9.17) is 23.7 Å². The van der Waals surface area contributed by atoms with Crippen molar-refractivity contribution in [1.29, 1.82) is 0 Å². The van der Waals surface area contributed by atoms with Gasteiger partial charge in [-0.2, -0.15) is 8.42 Å². The van der Waals surface area contributed by atoms with E-state index >= 15 is 0 Å². The summed E-state index contributed by atoms with van der Waals surface area (Å²) < 4.78 is 60.9. The fraction of sp³-hybridized carbons (Fsp3) is 0.562. The number of rotatable bonds is 19. The molecular formula is C32H45N3O14S. The van der Waals surface area contributed by atoms with E-state index in [0.29, 0.717) is 22.8 Å². The van der Waals surface area contributed by atoms with Crippen LogP contribution in [0.2, 0.25) is 0 Å². The number of benzene rings is 1. The number of aliphatic hydroxyl groups excluding tert-OH is 1. The molecule has 50 heavy (non-hydrogen) atoms. The van der Waals surface area contributed by atoms with Crippen molar-refractivity contribution in [3.05, 3.63) is 48.2 Å². The summed E-state index contributed by atoms with van der Waals surface area (Å²) in [7, 11) is -4.64. The summed E-state index contributed by atoms with van der Waals surface area (Å²) in [5.74, 6) is -3.50. The van der Waals surface area contributed by atoms with Gasteiger partial charge >= 0.3 is 5.97 Å². The number of amides is 3. The summed E-state index contributed by atoms with van der Waals surface area (Å²) in [5.41, 5.74) is 0.636. The largest absolute Gasteiger partial charge is 0.491 e. The lowest BCUT2D eigenvalue weighted by Gasteiger charge is -2.31. The number of hydrogen-bond donors (Lipinski definition) is 5. The minimum Gasteiger partial charge on any atom is -0.491 e. The molecule has 0 aromatic heterocycles. The Hall–Kier alpha value is -4.07. The number of carbonyl (C=O) groups is 4. The van der Waals surface area contributed by atoms with Gasteiger partial charge in [0.2, 0.25) is 18.1 Å². The van der Waals surface area contributed by atoms with E-state index in [0.717, 1.165) is 0 Å². The Bertz CT molecular complexity index is 1510. The van der Waals surface area contributed by atoms with Crippen LogP contribution in [0.15, 0.2) is 42.6 Å². The molecule has 0 radical (unpaired) electrons. The van der Waals surface area contributed by atoms with Gasteiger partial charge in [-0.1, -0.05) is 6.58 Å². The molecule has 0 spiro atoms. The highest BCUT2D eigenvalue weighted by atomic mass is 32.2. The highest BCUT2D eigenvalue weighted by Crippen LogP contribution is 2.30. The Kier molecular flexibility index (Phi) is 14.7. The van der Waals surface area contributed by atoms with Gasteiger partial charge in [-0.3, -0.25) is 18.9 Å². The molecule has 5 N–H and O–H groups in total. The first kappa shape index (κ1) is 40.4. The van der Waals surface area contributed by atoms with Crippen LogP contribution in [-0.4, -0.2) is 121 Å². The molecule has 2 aliphatic rings. The highest BCUT2D eigenvalue weighted by molar-refractivity contribution is 7.85. The van der Waals surface area contributed by atoms with E-state index in [1.165, 1.54) is 17.1 Å². The zero-order valence-corrected chi connectivity index (χ0v) is 29.0. The van der Waals surface area contributed by atoms with Crippen molar-refractivity contribution in [3.63, 3.8) is 0 Å². The Morgan fingerprint density at radius 3 is 2.52 bits per heavy atom. The average Bonchev–Trinajstić information content (AvgIpc) is 3.33. The zero-order chi connectivity index (χ0) is 37.1. The zero-order valence-electron chi connectivity index (χ0n) is 28.2. The molecule has 1 saturated heterocycles. The molecular weight excluding hydrogens is 682 g/mol. The topological polar surface area (TPSA) is 237 Å². The molecule has 3 amide bonds. The van der Waals surface area contributed by atoms with Crippen molar-refractivity contribution < 1.29 is 66.0 Å². The number of nitrogens with one attached hydrogen (secondary N) is 2. The van der Waals surface area contributed by atoms with Crippen LogP contribution in [0.1, 0.15) is 45.6 Å². The van der Waals surface area contributed by atoms with Crippen molar-refractivity contribution in [2.24, 2.45) is 0 Å². The number of hydrogen-bond acceptors (Lipinski definition) is 12. The summed E-state index contributed by atoms with van der Waals surface area (Å²) in [6.07, 6.45) is -0.537. The highest BCUT2D eigenvalue weighted by Gasteiger charge is 2.34. The van der Waals surface area contributed by atoms with Gasteiger partial charge in [-0.15, -0.1) is 0 Å². The first-order chi connectivity index (χ1) is 23.4. The molecule has 0 saturated carbocycles. The number of nitrogens with zero attached hydrogens (tertiary/aromatic N) is 1. The first-order valence-corrected chi connectivity index (χ1v) is 17.4. The molecule has 1 fully saturated rings. The van der Waals surface area contributed by atoms with Crippen LogP contribution < -0.4 is 20.1 Å². The van der Waals surface area contributed by atoms with E-state index in [1.807, 2.05) is 20.8 Å². The maximum absolute atomic E-state index is 12.7. The summed E-state index contributed by atoms with van der Waals surface area (Å²) in [6, 6.07) is 3.36. The number of carbonyl (C=O) groups excluding carboxylic acids is 3. The molecule has 3 rings (SSSR count). The summed E-state index contributed by atoms with van der Waals surface area (Å²) >= 11 is 0. The smallest absolute Gasteiger partial charge is 0.333 e. The maximum atomic E-state index is 12.7. The number of ether oxygens (including phenoxy) is 5. The van der Waals surface area contributed by atoms with Crippen LogP contribution in [0.25, 0.3) is 0 Å². The molecule has 1 aromatic rings. The molecule has 4 atom stereocenters. The molecule has 0 bridgehead atoms. The van der Waals surface area contributed by atoms with E-state index in [9.17, 15) is 42.4 Å². The first-order valence-electron chi connectivity index (χ1n) is 15.8. The molecule has 1 aromatic carbocycles. The number of allylic oxidation sites excluding steroid dienone is 1. The lowest BCUT2D eigenvalue weighted by Crippen LogP contribution is -2.51. The third-order valence-electron chi connectivity index (χ3n) is 7.16. The van der Waals surface area contributed by atoms with E-state index in [2.05, 4.69) is 17.2 Å². The lowest BCUT2D eigenvalue weighted by atomic mass is 10.1. The molecule has 17 nitrogen and oxygen atoms in total. The SMILES string of the molecule is C=C1C=CC(=O)N1CCC(=O)NC(CS(=O)(=O)O)C(=O)NCCOCCOc1cc(OC2CC(O)CC(C(=O)O)O2)ccc1COC(C)(C)C. The third kappa shape index (κ3) is 14.0. The summed E-state index contributed by atoms with van der Waals surface area (Å²) in [5, 5.41) is 24.1. The van der Waals surface area contributed by atoms with Crippen LogP contribution in [0, 0.1) is 0 Å². The minimum absolute atomic E-state index is 0.0109. The van der Waals surface area contributed by atoms with Gasteiger partial charge in [0, 0.05) is 55.8 Å². The standard InChI is InChI=1S/C32H45N3O14S/c1-20-5-8-28(38)35(20)11-9-27(37)34-24(19-50(42,43)44)30(39)33-10-12-45-13-14-46-25-17-23(7-6-21(25)18-47-32(2,3)4)48-29-16-22(36)15-26(49-29)31(40)41/h5-8,17,22,24,26,29,36H,1,9-16,18-19H2,2-4H3,(H,33,39)(H,34,37)(H,40,41)(H,42,43,44). The predicted molar refractivity (Wildman–Crippen MR) is 175 cm³/mol. The van der Waals surface area contributed by atoms with Crippen LogP contribution >= 0.6 is 0 Å². The number of carboxylic acid groups (broad SMARTS) is 1. The van der Waals surface area contributed by atoms with E-state index < -0.39 is 63.8 Å². The lowest BCUT2D eigenvalue weighted by molar-refractivity contribution is -0.195. The van der Waals surface area contributed by atoms with Gasteiger partial charge in [-0.25, -0.2) is 4.79 Å². The Labute approximate surface area is 290 Å². The van der Waals surface area contributed by atoms with Crippen molar-refractivity contribution >= 4 is 33.8 Å². The fourth-order valence-corrected chi connectivity index (χ4v) is 5.36. The van der Waals surface area contributed by atoms with Gasteiger partial charge in [0.15, 0.2) is 6.10 Å². The second-order valence-electron chi connectivity index (χ2n) is 12.5. The molecule has 18 heteroatoms. The number of aliphatic hydroxyl groups is 1. The molecule has 0 aliphatic carbocycles. The van der Waals surface area contributed by atoms with Gasteiger partial charge in [-0.05, 0) is 39.0 Å². The Balaban J connectivity index is 1.49. The van der Waals surface area contributed by atoms with E-state index in [1.54, 1.807) is 18.2 Å². The van der Waals surface area contributed by atoms with Gasteiger partial charge in [0.25, 0.3) is 16.0 Å². The molecule has 278 valence electrons. The molecule has 2 aliphatic heterocycles. The van der Waals surface area contributed by atoms with Crippen LogP contribution in [0.4, 0.5) is 0 Å². The Morgan fingerprint density at radius 2 is 1.88 bits per heavy atom. The fourth-order valence-electron chi connectivity index (χ4n) is 4.70. The Morgan fingerprint density at radius 1 is 1.14 bits per heavy atom. The second kappa shape index (κ2) is 18.2. The molecule has 4 unspecified atom stereocenters. The normalized spacial score (nSPS) is 20.0. The van der Waals surface area contributed by atoms with Crippen LogP contribution in [-0.2, 0) is 50.1 Å². The van der Waals surface area contributed by atoms with E-state index in [-0.39, 0.29) is 64.7 Å². The number of aliphatic carboxylic acids is 1. The quantitative estimate of drug-likeness (QED) is 0.0965. The molecule has 2 heterocycles. The summed E-state index contributed by atoms with van der Waals surface area (Å²) in [4.78, 5) is 49.5. The van der Waals surface area contributed by atoms with Gasteiger partial charge in [0.1, 0.15) is 29.9 Å². The van der Waals surface area contributed by atoms with Crippen LogP contribution in [0.5, 0.6) is 11.5 Å². The maximum Gasteiger partial charge on any atom is 0.333 e. The van der Waals surface area contributed by atoms with Crippen molar-refractivity contribution in [3.8, 4) is 11.5 Å². The van der Waals surface area contributed by atoms with Crippen molar-refractivity contribution in [1.82, 2.24) is 15.5 Å². The predicted octanol–water partition coefficient (Wildman–Crippen LogP) is 0.518. The van der Waals surface area contributed by atoms with Gasteiger partial charge < -0.3 is 49.4 Å². The average molecular weight is 728 g/mol. The monoisotopic (exact) mass is 727 g/mol. The second-order valence-corrected chi connectivity index (χ2v) is 14.0. The summed E-state index contributed by atoms with van der Waals surface area (Å²) in [6.45, 7) is 9.59. The van der Waals surface area contributed by atoms with Crippen LogP contribution in [0.3, 0.4) is 0 Å². The minimum atomic E-state index is -4.64.